The molecule has 0 aliphatic carbocycles. The summed E-state index contributed by atoms with van der Waals surface area (Å²) in [5.74, 6) is -0.264. The maximum absolute atomic E-state index is 11.2. The third-order valence-electron chi connectivity index (χ3n) is 4.34. The van der Waals surface area contributed by atoms with Gasteiger partial charge in [-0.15, -0.1) is 0 Å². The second kappa shape index (κ2) is 16.0. The van der Waals surface area contributed by atoms with E-state index < -0.39 is 12.1 Å². The number of carboxylic acid groups (broad SMARTS) is 1. The molecule has 0 fully saturated rings. The molecule has 0 rings (SSSR count). The lowest BCUT2D eigenvalue weighted by molar-refractivity contribution is -0.151. The van der Waals surface area contributed by atoms with Crippen molar-refractivity contribution in [1.82, 2.24) is 0 Å². The molecule has 0 aromatic carbocycles. The van der Waals surface area contributed by atoms with E-state index in [9.17, 15) is 9.59 Å². The second-order valence-electron chi connectivity index (χ2n) is 6.44. The monoisotopic (exact) mass is 328 g/mol. The zero-order chi connectivity index (χ0) is 17.3. The maximum Gasteiger partial charge on any atom is 0.332 e. The van der Waals surface area contributed by atoms with Gasteiger partial charge in [-0.2, -0.15) is 0 Å². The Balaban J connectivity index is 4.07. The van der Waals surface area contributed by atoms with Gasteiger partial charge >= 0.3 is 5.97 Å². The average molecular weight is 328 g/mol. The highest BCUT2D eigenvalue weighted by Gasteiger charge is 2.18. The van der Waals surface area contributed by atoms with E-state index in [2.05, 4.69) is 13.8 Å². The summed E-state index contributed by atoms with van der Waals surface area (Å²) in [5.41, 5.74) is 0. The van der Waals surface area contributed by atoms with Crippen LogP contribution in [0.5, 0.6) is 0 Å². The summed E-state index contributed by atoms with van der Waals surface area (Å²) in [4.78, 5) is 21.5. The first kappa shape index (κ1) is 22.1. The van der Waals surface area contributed by atoms with Crippen LogP contribution < -0.4 is 0 Å². The lowest BCUT2D eigenvalue weighted by Crippen LogP contribution is -2.25. The van der Waals surface area contributed by atoms with E-state index in [0.717, 1.165) is 12.7 Å². The van der Waals surface area contributed by atoms with Gasteiger partial charge in [0.05, 0.1) is 0 Å². The van der Waals surface area contributed by atoms with E-state index in [4.69, 9.17) is 9.84 Å². The number of carbonyl (C=O) groups is 2. The molecule has 1 N–H and O–H groups in total. The lowest BCUT2D eigenvalue weighted by Gasteiger charge is -2.19. The van der Waals surface area contributed by atoms with Crippen molar-refractivity contribution in [2.45, 2.75) is 97.0 Å². The van der Waals surface area contributed by atoms with E-state index in [1.54, 1.807) is 0 Å². The van der Waals surface area contributed by atoms with Gasteiger partial charge in [-0.25, -0.2) is 4.79 Å². The number of rotatable bonds is 17. The number of carboxylic acids is 1. The quantitative estimate of drug-likeness (QED) is 0.302. The summed E-state index contributed by atoms with van der Waals surface area (Å²) in [5, 5.41) is 9.17. The van der Waals surface area contributed by atoms with Gasteiger partial charge in [0, 0.05) is 13.0 Å². The Morgan fingerprint density at radius 2 is 1.65 bits per heavy atom. The molecule has 0 radical (unpaired) electrons. The Morgan fingerprint density at radius 3 is 2.26 bits per heavy atom. The smallest absolute Gasteiger partial charge is 0.332 e. The summed E-state index contributed by atoms with van der Waals surface area (Å²) in [7, 11) is 0. The minimum atomic E-state index is -0.913. The third-order valence-corrected chi connectivity index (χ3v) is 4.34. The van der Waals surface area contributed by atoms with Crippen LogP contribution in [-0.4, -0.2) is 30.1 Å². The van der Waals surface area contributed by atoms with Gasteiger partial charge in [0.2, 0.25) is 0 Å². The molecule has 4 nitrogen and oxygen atoms in total. The van der Waals surface area contributed by atoms with Crippen molar-refractivity contribution < 1.29 is 19.4 Å². The fourth-order valence-corrected chi connectivity index (χ4v) is 2.83. The molecule has 0 aliphatic rings. The molecule has 0 saturated carbocycles. The summed E-state index contributed by atoms with van der Waals surface area (Å²) in [6.45, 7) is 4.94. The first-order valence-corrected chi connectivity index (χ1v) is 9.43. The van der Waals surface area contributed by atoms with Crippen LogP contribution in [0.2, 0.25) is 0 Å². The Hall–Kier alpha value is -0.900. The standard InChI is InChI=1S/C19H36O4/c1-3-5-7-8-12-17(11-6-4-2)14-16-23-18(19(21)22)13-9-10-15-20/h15,17-18H,3-14,16H2,1-2H3,(H,21,22). The summed E-state index contributed by atoms with van der Waals surface area (Å²) in [6.07, 6.45) is 12.4. The van der Waals surface area contributed by atoms with E-state index in [1.807, 2.05) is 0 Å². The van der Waals surface area contributed by atoms with Gasteiger partial charge in [-0.05, 0) is 25.2 Å². The average Bonchev–Trinajstić information content (AvgIpc) is 2.54. The van der Waals surface area contributed by atoms with Crippen molar-refractivity contribution >= 4 is 12.3 Å². The van der Waals surface area contributed by atoms with Crippen LogP contribution in [0.15, 0.2) is 0 Å². The van der Waals surface area contributed by atoms with Crippen LogP contribution in [0.3, 0.4) is 0 Å². The maximum atomic E-state index is 11.2. The van der Waals surface area contributed by atoms with E-state index >= 15 is 0 Å². The fourth-order valence-electron chi connectivity index (χ4n) is 2.83. The minimum absolute atomic E-state index is 0.406. The van der Waals surface area contributed by atoms with Crippen LogP contribution in [0.4, 0.5) is 0 Å². The van der Waals surface area contributed by atoms with E-state index in [0.29, 0.717) is 31.8 Å². The molecule has 0 bridgehead atoms. The van der Waals surface area contributed by atoms with Crippen molar-refractivity contribution in [3.8, 4) is 0 Å². The van der Waals surface area contributed by atoms with Crippen LogP contribution in [0.1, 0.15) is 90.9 Å². The SMILES string of the molecule is CCCCCCC(CCCC)CCOC(CCCC=O)C(=O)O. The Kier molecular flexibility index (Phi) is 15.4. The predicted octanol–water partition coefficient (Wildman–Crippen LogP) is 4.99. The van der Waals surface area contributed by atoms with Gasteiger partial charge in [0.25, 0.3) is 0 Å². The van der Waals surface area contributed by atoms with Crippen LogP contribution in [0.25, 0.3) is 0 Å². The number of unbranched alkanes of at least 4 members (excludes halogenated alkanes) is 5. The van der Waals surface area contributed by atoms with Crippen molar-refractivity contribution in [3.05, 3.63) is 0 Å². The summed E-state index contributed by atoms with van der Waals surface area (Å²) < 4.78 is 5.57. The van der Waals surface area contributed by atoms with Gasteiger partial charge in [0.1, 0.15) is 6.29 Å². The van der Waals surface area contributed by atoms with Crippen LogP contribution in [0, 0.1) is 5.92 Å². The highest BCUT2D eigenvalue weighted by Crippen LogP contribution is 2.21. The Bertz CT molecular complexity index is 291. The molecule has 2 atom stereocenters. The van der Waals surface area contributed by atoms with Gasteiger partial charge in [-0.1, -0.05) is 65.2 Å². The molecule has 136 valence electrons. The van der Waals surface area contributed by atoms with Crippen molar-refractivity contribution in [2.75, 3.05) is 6.61 Å². The van der Waals surface area contributed by atoms with Gasteiger partial charge in [0.15, 0.2) is 6.10 Å². The predicted molar refractivity (Wildman–Crippen MR) is 93.7 cm³/mol. The lowest BCUT2D eigenvalue weighted by atomic mass is 9.92. The fraction of sp³-hybridized carbons (Fsp3) is 0.895. The Labute approximate surface area is 142 Å². The van der Waals surface area contributed by atoms with Gasteiger partial charge < -0.3 is 14.6 Å². The zero-order valence-corrected chi connectivity index (χ0v) is 15.1. The van der Waals surface area contributed by atoms with E-state index in [-0.39, 0.29) is 0 Å². The summed E-state index contributed by atoms with van der Waals surface area (Å²) in [6, 6.07) is 0. The minimum Gasteiger partial charge on any atom is -0.479 e. The molecule has 0 aliphatic heterocycles. The Morgan fingerprint density at radius 1 is 0.957 bits per heavy atom. The number of aldehydes is 1. The number of aliphatic carboxylic acids is 1. The normalized spacial score (nSPS) is 13.7. The number of hydrogen-bond donors (Lipinski definition) is 1. The topological polar surface area (TPSA) is 63.6 Å². The first-order chi connectivity index (χ1) is 11.2. The molecule has 4 heteroatoms. The molecule has 0 amide bonds. The summed E-state index contributed by atoms with van der Waals surface area (Å²) >= 11 is 0. The number of carbonyl (C=O) groups excluding carboxylic acids is 1. The van der Waals surface area contributed by atoms with Crippen molar-refractivity contribution in [2.24, 2.45) is 5.92 Å². The third kappa shape index (κ3) is 13.3. The molecule has 2 unspecified atom stereocenters. The largest absolute Gasteiger partial charge is 0.479 e. The zero-order valence-electron chi connectivity index (χ0n) is 15.1. The van der Waals surface area contributed by atoms with Crippen molar-refractivity contribution in [3.63, 3.8) is 0 Å². The number of hydrogen-bond acceptors (Lipinski definition) is 3. The highest BCUT2D eigenvalue weighted by atomic mass is 16.5. The van der Waals surface area contributed by atoms with E-state index in [1.165, 1.54) is 51.4 Å². The molecule has 0 heterocycles. The van der Waals surface area contributed by atoms with Gasteiger partial charge in [-0.3, -0.25) is 0 Å². The molecule has 0 saturated heterocycles. The first-order valence-electron chi connectivity index (χ1n) is 9.43. The number of ether oxygens (including phenoxy) is 1. The molecule has 23 heavy (non-hydrogen) atoms. The van der Waals surface area contributed by atoms with Crippen molar-refractivity contribution in [1.29, 1.82) is 0 Å². The molecular formula is C19H36O4. The van der Waals surface area contributed by atoms with Crippen LogP contribution in [-0.2, 0) is 14.3 Å². The highest BCUT2D eigenvalue weighted by molar-refractivity contribution is 5.72. The molecule has 0 aromatic heterocycles. The molecular weight excluding hydrogens is 292 g/mol. The molecule has 0 spiro atoms. The molecule has 0 aromatic rings. The second-order valence-corrected chi connectivity index (χ2v) is 6.44. The van der Waals surface area contributed by atoms with Crippen LogP contribution >= 0.6 is 0 Å².